The average Bonchev–Trinajstić information content (AvgIpc) is 3.04. The summed E-state index contributed by atoms with van der Waals surface area (Å²) in [4.78, 5) is 12.3. The lowest BCUT2D eigenvalue weighted by molar-refractivity contribution is -0.145. The van der Waals surface area contributed by atoms with Crippen molar-refractivity contribution in [2.75, 3.05) is 7.11 Å². The smallest absolute Gasteiger partial charge is 0.330 e. The largest absolute Gasteiger partial charge is 0.467 e. The average molecular weight is 326 g/mol. The number of carbonyl (C=O) groups is 1. The highest BCUT2D eigenvalue weighted by Gasteiger charge is 2.38. The summed E-state index contributed by atoms with van der Waals surface area (Å²) in [6.45, 7) is 0. The van der Waals surface area contributed by atoms with Crippen LogP contribution in [0.4, 0.5) is 0 Å². The normalized spacial score (nSPS) is 21.0. The molecule has 22 heavy (non-hydrogen) atoms. The van der Waals surface area contributed by atoms with E-state index in [1.807, 2.05) is 0 Å². The van der Waals surface area contributed by atoms with Crippen LogP contribution in [0.15, 0.2) is 17.3 Å². The van der Waals surface area contributed by atoms with Crippen LogP contribution in [0.5, 0.6) is 0 Å². The van der Waals surface area contributed by atoms with Crippen LogP contribution >= 0.6 is 0 Å². The molecular formula is C15H22N2O4S. The van der Waals surface area contributed by atoms with Crippen LogP contribution < -0.4 is 0 Å². The number of sulfone groups is 1. The van der Waals surface area contributed by atoms with E-state index in [1.165, 1.54) is 37.0 Å². The summed E-state index contributed by atoms with van der Waals surface area (Å²) in [7, 11) is -1.92. The first-order valence-electron chi connectivity index (χ1n) is 7.88. The Morgan fingerprint density at radius 2 is 2.05 bits per heavy atom. The fourth-order valence-electron chi connectivity index (χ4n) is 3.22. The number of aromatic nitrogens is 2. The van der Waals surface area contributed by atoms with E-state index in [1.54, 1.807) is 0 Å². The Bertz CT molecular complexity index is 642. The van der Waals surface area contributed by atoms with Crippen LogP contribution in [-0.2, 0) is 19.4 Å². The second-order valence-corrected chi connectivity index (χ2v) is 8.55. The highest BCUT2D eigenvalue weighted by atomic mass is 32.2. The van der Waals surface area contributed by atoms with Crippen molar-refractivity contribution in [2.45, 2.75) is 61.1 Å². The number of hydrogen-bond acceptors (Lipinski definition) is 5. The van der Waals surface area contributed by atoms with E-state index in [2.05, 4.69) is 5.10 Å². The second-order valence-electron chi connectivity index (χ2n) is 6.33. The molecule has 0 amide bonds. The van der Waals surface area contributed by atoms with Crippen LogP contribution in [0.25, 0.3) is 0 Å². The minimum absolute atomic E-state index is 0.218. The molecule has 1 unspecified atom stereocenters. The standard InChI is InChI=1S/C15H22N2O4S/c1-21-15(18)14(8-11-4-2-3-5-11)17-10-13(9-16-17)22(19,20)12-6-7-12/h9-12,14H,2-8H2,1H3. The van der Waals surface area contributed by atoms with Gasteiger partial charge in [-0.05, 0) is 25.2 Å². The number of nitrogens with zero attached hydrogens (tertiary/aromatic N) is 2. The molecule has 1 aromatic heterocycles. The van der Waals surface area contributed by atoms with Gasteiger partial charge in [0.15, 0.2) is 9.84 Å². The third kappa shape index (κ3) is 3.04. The van der Waals surface area contributed by atoms with Crippen molar-refractivity contribution in [3.63, 3.8) is 0 Å². The summed E-state index contributed by atoms with van der Waals surface area (Å²) in [5, 5.41) is 3.87. The number of esters is 1. The highest BCUT2D eigenvalue weighted by molar-refractivity contribution is 7.92. The van der Waals surface area contributed by atoms with Crippen molar-refractivity contribution in [1.82, 2.24) is 9.78 Å². The maximum Gasteiger partial charge on any atom is 0.330 e. The Labute approximate surface area is 130 Å². The van der Waals surface area contributed by atoms with Crippen LogP contribution in [0.1, 0.15) is 51.0 Å². The van der Waals surface area contributed by atoms with Gasteiger partial charge in [-0.1, -0.05) is 25.7 Å². The molecular weight excluding hydrogens is 304 g/mol. The molecule has 3 rings (SSSR count). The van der Waals surface area contributed by atoms with Gasteiger partial charge < -0.3 is 4.74 Å². The number of carbonyl (C=O) groups excluding carboxylic acids is 1. The first-order valence-corrected chi connectivity index (χ1v) is 9.43. The first-order chi connectivity index (χ1) is 10.5. The van der Waals surface area contributed by atoms with Gasteiger partial charge in [0, 0.05) is 6.20 Å². The summed E-state index contributed by atoms with van der Waals surface area (Å²) in [6.07, 6.45) is 9.56. The lowest BCUT2D eigenvalue weighted by atomic mass is 9.98. The molecule has 0 saturated heterocycles. The maximum atomic E-state index is 12.2. The zero-order chi connectivity index (χ0) is 15.7. The minimum Gasteiger partial charge on any atom is -0.467 e. The molecule has 0 aliphatic heterocycles. The summed E-state index contributed by atoms with van der Waals surface area (Å²) in [5.74, 6) is 0.127. The molecule has 2 fully saturated rings. The second kappa shape index (κ2) is 6.02. The molecule has 0 N–H and O–H groups in total. The molecule has 1 atom stereocenters. The molecule has 122 valence electrons. The van der Waals surface area contributed by atoms with Crippen LogP contribution in [0.3, 0.4) is 0 Å². The van der Waals surface area contributed by atoms with Crippen molar-refractivity contribution in [2.24, 2.45) is 5.92 Å². The Balaban J connectivity index is 1.81. The zero-order valence-electron chi connectivity index (χ0n) is 12.8. The van der Waals surface area contributed by atoms with Crippen LogP contribution in [0.2, 0.25) is 0 Å². The Morgan fingerprint density at radius 3 is 2.64 bits per heavy atom. The minimum atomic E-state index is -3.27. The predicted octanol–water partition coefficient (Wildman–Crippen LogP) is 2.11. The molecule has 0 aromatic carbocycles. The first kappa shape index (κ1) is 15.5. The Morgan fingerprint density at radius 1 is 1.36 bits per heavy atom. The zero-order valence-corrected chi connectivity index (χ0v) is 13.6. The lowest BCUT2D eigenvalue weighted by Gasteiger charge is -2.18. The van der Waals surface area contributed by atoms with Crippen LogP contribution in [0, 0.1) is 5.92 Å². The Kier molecular flexibility index (Phi) is 4.25. The van der Waals surface area contributed by atoms with Gasteiger partial charge in [-0.25, -0.2) is 13.2 Å². The number of ether oxygens (including phenoxy) is 1. The molecule has 6 nitrogen and oxygen atoms in total. The molecule has 0 spiro atoms. The Hall–Kier alpha value is -1.37. The SMILES string of the molecule is COC(=O)C(CC1CCCC1)n1cc(S(=O)(=O)C2CC2)cn1. The third-order valence-electron chi connectivity index (χ3n) is 4.69. The van der Waals surface area contributed by atoms with Crippen molar-refractivity contribution >= 4 is 15.8 Å². The fraction of sp³-hybridized carbons (Fsp3) is 0.733. The van der Waals surface area contributed by atoms with Gasteiger partial charge in [-0.15, -0.1) is 0 Å². The van der Waals surface area contributed by atoms with Gasteiger partial charge in [-0.2, -0.15) is 5.10 Å². The van der Waals surface area contributed by atoms with Crippen molar-refractivity contribution < 1.29 is 17.9 Å². The summed E-state index contributed by atoms with van der Waals surface area (Å²) >= 11 is 0. The van der Waals surface area contributed by atoms with E-state index in [0.29, 0.717) is 12.3 Å². The van der Waals surface area contributed by atoms with Gasteiger partial charge in [0.2, 0.25) is 0 Å². The molecule has 7 heteroatoms. The van der Waals surface area contributed by atoms with Gasteiger partial charge in [-0.3, -0.25) is 4.68 Å². The van der Waals surface area contributed by atoms with Gasteiger partial charge in [0.1, 0.15) is 10.9 Å². The quantitative estimate of drug-likeness (QED) is 0.748. The van der Waals surface area contributed by atoms with E-state index in [4.69, 9.17) is 4.74 Å². The highest BCUT2D eigenvalue weighted by Crippen LogP contribution is 2.35. The van der Waals surface area contributed by atoms with E-state index < -0.39 is 15.9 Å². The number of hydrogen-bond donors (Lipinski definition) is 0. The van der Waals surface area contributed by atoms with E-state index in [0.717, 1.165) is 25.7 Å². The van der Waals surface area contributed by atoms with Gasteiger partial charge >= 0.3 is 5.97 Å². The van der Waals surface area contributed by atoms with Crippen LogP contribution in [-0.4, -0.2) is 36.5 Å². The van der Waals surface area contributed by atoms with Crippen molar-refractivity contribution in [3.8, 4) is 0 Å². The molecule has 1 heterocycles. The third-order valence-corrected chi connectivity index (χ3v) is 6.91. The molecule has 2 aliphatic carbocycles. The molecule has 0 bridgehead atoms. The number of rotatable bonds is 6. The van der Waals surface area contributed by atoms with Gasteiger partial charge in [0.05, 0.1) is 18.6 Å². The lowest BCUT2D eigenvalue weighted by Crippen LogP contribution is -2.23. The van der Waals surface area contributed by atoms with Crippen molar-refractivity contribution in [3.05, 3.63) is 12.4 Å². The summed E-state index contributed by atoms with van der Waals surface area (Å²) in [5.41, 5.74) is 0. The van der Waals surface area contributed by atoms with E-state index in [9.17, 15) is 13.2 Å². The monoisotopic (exact) mass is 326 g/mol. The molecule has 1 aromatic rings. The number of methoxy groups -OCH3 is 1. The predicted molar refractivity (Wildman–Crippen MR) is 80.1 cm³/mol. The summed E-state index contributed by atoms with van der Waals surface area (Å²) < 4.78 is 30.8. The van der Waals surface area contributed by atoms with Gasteiger partial charge in [0.25, 0.3) is 0 Å². The topological polar surface area (TPSA) is 78.3 Å². The van der Waals surface area contributed by atoms with E-state index in [-0.39, 0.29) is 16.1 Å². The summed E-state index contributed by atoms with van der Waals surface area (Å²) in [6, 6.07) is -0.531. The fourth-order valence-corrected chi connectivity index (χ4v) is 4.81. The van der Waals surface area contributed by atoms with Crippen molar-refractivity contribution in [1.29, 1.82) is 0 Å². The molecule has 0 radical (unpaired) electrons. The maximum absolute atomic E-state index is 12.2. The molecule has 2 aliphatic rings. The molecule has 2 saturated carbocycles. The van der Waals surface area contributed by atoms with E-state index >= 15 is 0 Å².